The number of nitrogens with zero attached hydrogens (tertiary/aromatic N) is 3. The molecule has 0 aliphatic rings. The number of carbonyl (C=O) groups excluding carboxylic acids is 1. The van der Waals surface area contributed by atoms with Crippen molar-refractivity contribution < 1.29 is 4.79 Å². The average Bonchev–Trinajstić information content (AvgIpc) is 3.21. The van der Waals surface area contributed by atoms with Crippen molar-refractivity contribution in [3.63, 3.8) is 0 Å². The van der Waals surface area contributed by atoms with Gasteiger partial charge in [0.15, 0.2) is 5.82 Å². The number of rotatable bonds is 5. The zero-order chi connectivity index (χ0) is 22.0. The van der Waals surface area contributed by atoms with Crippen LogP contribution >= 0.6 is 0 Å². The molecule has 4 aromatic rings. The highest BCUT2D eigenvalue weighted by atomic mass is 16.2. The number of amides is 1. The van der Waals surface area contributed by atoms with Crippen LogP contribution < -0.4 is 5.32 Å². The maximum absolute atomic E-state index is 13.0. The van der Waals surface area contributed by atoms with Crippen molar-refractivity contribution in [2.24, 2.45) is 0 Å². The largest absolute Gasteiger partial charge is 0.319 e. The van der Waals surface area contributed by atoms with Crippen LogP contribution in [0, 0.1) is 20.8 Å². The molecular formula is C26H26N4O. The fraction of sp³-hybridized carbons (Fsp3) is 0.192. The fourth-order valence-corrected chi connectivity index (χ4v) is 3.51. The molecule has 0 radical (unpaired) electrons. The van der Waals surface area contributed by atoms with E-state index >= 15 is 0 Å². The van der Waals surface area contributed by atoms with Crippen molar-refractivity contribution in [3.8, 4) is 17.1 Å². The van der Waals surface area contributed by atoms with Crippen LogP contribution in [-0.4, -0.2) is 20.7 Å². The second-order valence-corrected chi connectivity index (χ2v) is 7.83. The van der Waals surface area contributed by atoms with E-state index in [0.29, 0.717) is 5.82 Å². The Morgan fingerprint density at radius 1 is 0.935 bits per heavy atom. The lowest BCUT2D eigenvalue weighted by Crippen LogP contribution is -2.14. The monoisotopic (exact) mass is 410 g/mol. The highest BCUT2D eigenvalue weighted by Crippen LogP contribution is 2.25. The number of aromatic nitrogens is 3. The summed E-state index contributed by atoms with van der Waals surface area (Å²) < 4.78 is 1.77. The molecule has 0 unspecified atom stereocenters. The topological polar surface area (TPSA) is 59.8 Å². The van der Waals surface area contributed by atoms with E-state index in [1.54, 1.807) is 4.68 Å². The normalized spacial score (nSPS) is 10.8. The van der Waals surface area contributed by atoms with E-state index in [2.05, 4.69) is 46.6 Å². The van der Waals surface area contributed by atoms with Gasteiger partial charge in [-0.1, -0.05) is 55.0 Å². The molecule has 0 spiro atoms. The Kier molecular flexibility index (Phi) is 5.67. The van der Waals surface area contributed by atoms with Crippen molar-refractivity contribution in [1.29, 1.82) is 0 Å². The highest BCUT2D eigenvalue weighted by Gasteiger charge is 2.20. The molecule has 0 atom stereocenters. The van der Waals surface area contributed by atoms with Gasteiger partial charge < -0.3 is 5.32 Å². The Balaban J connectivity index is 1.77. The number of hydrogen-bond acceptors (Lipinski definition) is 3. The second-order valence-electron chi connectivity index (χ2n) is 7.83. The van der Waals surface area contributed by atoms with E-state index < -0.39 is 0 Å². The first-order valence-corrected chi connectivity index (χ1v) is 10.5. The van der Waals surface area contributed by atoms with E-state index in [1.165, 1.54) is 5.56 Å². The minimum Gasteiger partial charge on any atom is -0.319 e. The van der Waals surface area contributed by atoms with Crippen LogP contribution in [0.4, 0.5) is 5.69 Å². The molecule has 31 heavy (non-hydrogen) atoms. The van der Waals surface area contributed by atoms with Gasteiger partial charge in [0.1, 0.15) is 0 Å². The smallest absolute Gasteiger partial charge is 0.295 e. The molecule has 0 aliphatic carbocycles. The summed E-state index contributed by atoms with van der Waals surface area (Å²) in [5.74, 6) is 0.447. The van der Waals surface area contributed by atoms with E-state index in [0.717, 1.165) is 40.0 Å². The first-order chi connectivity index (χ1) is 14.9. The Hall–Kier alpha value is -3.73. The Bertz CT molecular complexity index is 1240. The first-order valence-electron chi connectivity index (χ1n) is 10.5. The SMILES string of the molecule is CCc1ccc(NC(=O)c2nc(-c3cccc(C)c3)n(-c3cc(C)ccc3C)n2)cc1. The van der Waals surface area contributed by atoms with Crippen LogP contribution in [0.1, 0.15) is 39.8 Å². The number of hydrogen-bond donors (Lipinski definition) is 1. The standard InChI is InChI=1S/C26H26N4O/c1-5-20-11-13-22(14-12-20)27-26(31)24-28-25(21-8-6-7-17(2)15-21)30(29-24)23-16-18(3)9-10-19(23)4/h6-16H,5H2,1-4H3,(H,27,31). The molecule has 0 fully saturated rings. The summed E-state index contributed by atoms with van der Waals surface area (Å²) in [6.07, 6.45) is 0.954. The van der Waals surface area contributed by atoms with Gasteiger partial charge in [-0.3, -0.25) is 4.79 Å². The third kappa shape index (κ3) is 4.40. The van der Waals surface area contributed by atoms with Crippen LogP contribution in [0.2, 0.25) is 0 Å². The molecule has 1 aromatic heterocycles. The summed E-state index contributed by atoms with van der Waals surface area (Å²) in [4.78, 5) is 17.6. The van der Waals surface area contributed by atoms with Crippen molar-refractivity contribution in [3.05, 3.63) is 94.8 Å². The summed E-state index contributed by atoms with van der Waals surface area (Å²) in [6.45, 7) is 8.21. The number of benzene rings is 3. The quantitative estimate of drug-likeness (QED) is 0.461. The molecule has 0 aliphatic heterocycles. The molecule has 0 saturated carbocycles. The van der Waals surface area contributed by atoms with Crippen molar-refractivity contribution in [2.75, 3.05) is 5.32 Å². The summed E-state index contributed by atoms with van der Waals surface area (Å²) in [7, 11) is 0. The molecule has 5 heteroatoms. The fourth-order valence-electron chi connectivity index (χ4n) is 3.51. The van der Waals surface area contributed by atoms with E-state index in [1.807, 2.05) is 63.2 Å². The van der Waals surface area contributed by atoms with E-state index in [4.69, 9.17) is 0 Å². The molecule has 1 N–H and O–H groups in total. The number of anilines is 1. The average molecular weight is 411 g/mol. The minimum absolute atomic E-state index is 0.136. The molecule has 5 nitrogen and oxygen atoms in total. The molecule has 0 bridgehead atoms. The zero-order valence-electron chi connectivity index (χ0n) is 18.3. The van der Waals surface area contributed by atoms with Gasteiger partial charge in [-0.25, -0.2) is 9.67 Å². The van der Waals surface area contributed by atoms with Crippen LogP contribution in [-0.2, 0) is 6.42 Å². The number of aryl methyl sites for hydroxylation is 4. The van der Waals surface area contributed by atoms with Crippen LogP contribution in [0.25, 0.3) is 17.1 Å². The lowest BCUT2D eigenvalue weighted by Gasteiger charge is -2.10. The van der Waals surface area contributed by atoms with Crippen LogP contribution in [0.15, 0.2) is 66.7 Å². The van der Waals surface area contributed by atoms with Crippen LogP contribution in [0.5, 0.6) is 0 Å². The lowest BCUT2D eigenvalue weighted by atomic mass is 10.1. The summed E-state index contributed by atoms with van der Waals surface area (Å²) in [5.41, 5.74) is 7.07. The second kappa shape index (κ2) is 8.56. The maximum atomic E-state index is 13.0. The van der Waals surface area contributed by atoms with Gasteiger partial charge in [-0.15, -0.1) is 5.10 Å². The van der Waals surface area contributed by atoms with Gasteiger partial charge in [-0.2, -0.15) is 0 Å². The zero-order valence-corrected chi connectivity index (χ0v) is 18.3. The number of carbonyl (C=O) groups is 1. The number of nitrogens with one attached hydrogen (secondary N) is 1. The van der Waals surface area contributed by atoms with Gasteiger partial charge >= 0.3 is 0 Å². The summed E-state index contributed by atoms with van der Waals surface area (Å²) in [6, 6.07) is 22.1. The highest BCUT2D eigenvalue weighted by molar-refractivity contribution is 6.01. The molecule has 0 saturated heterocycles. The Morgan fingerprint density at radius 2 is 1.68 bits per heavy atom. The molecule has 3 aromatic carbocycles. The summed E-state index contributed by atoms with van der Waals surface area (Å²) >= 11 is 0. The molecule has 1 amide bonds. The predicted octanol–water partition coefficient (Wildman–Crippen LogP) is 5.67. The van der Waals surface area contributed by atoms with Crippen molar-refractivity contribution >= 4 is 11.6 Å². The van der Waals surface area contributed by atoms with Gasteiger partial charge in [0.05, 0.1) is 5.69 Å². The van der Waals surface area contributed by atoms with E-state index in [9.17, 15) is 4.79 Å². The molecular weight excluding hydrogens is 384 g/mol. The summed E-state index contributed by atoms with van der Waals surface area (Å²) in [5, 5.41) is 7.52. The van der Waals surface area contributed by atoms with Crippen molar-refractivity contribution in [1.82, 2.24) is 14.8 Å². The molecule has 1 heterocycles. The minimum atomic E-state index is -0.331. The third-order valence-corrected chi connectivity index (χ3v) is 5.30. The van der Waals surface area contributed by atoms with Gasteiger partial charge in [-0.05, 0) is 68.1 Å². The maximum Gasteiger partial charge on any atom is 0.295 e. The molecule has 4 rings (SSSR count). The Labute approximate surface area is 182 Å². The predicted molar refractivity (Wildman–Crippen MR) is 125 cm³/mol. The van der Waals surface area contributed by atoms with Crippen molar-refractivity contribution in [2.45, 2.75) is 34.1 Å². The third-order valence-electron chi connectivity index (χ3n) is 5.30. The lowest BCUT2D eigenvalue weighted by molar-refractivity contribution is 0.101. The first kappa shape index (κ1) is 20.5. The van der Waals surface area contributed by atoms with Crippen LogP contribution in [0.3, 0.4) is 0 Å². The van der Waals surface area contributed by atoms with Gasteiger partial charge in [0.25, 0.3) is 5.91 Å². The molecule has 156 valence electrons. The van der Waals surface area contributed by atoms with Gasteiger partial charge in [0, 0.05) is 11.3 Å². The van der Waals surface area contributed by atoms with Gasteiger partial charge in [0.2, 0.25) is 5.82 Å². The Morgan fingerprint density at radius 3 is 2.39 bits per heavy atom. The van der Waals surface area contributed by atoms with E-state index in [-0.39, 0.29) is 11.7 Å².